The lowest BCUT2D eigenvalue weighted by molar-refractivity contribution is -0.936. The van der Waals surface area contributed by atoms with E-state index in [0.717, 1.165) is 5.01 Å². The monoisotopic (exact) mass is 91.1 g/mol. The first-order valence-corrected chi connectivity index (χ1v) is 1.86. The summed E-state index contributed by atoms with van der Waals surface area (Å²) >= 11 is 0. The van der Waals surface area contributed by atoms with Crippen molar-refractivity contribution in [1.82, 2.24) is 5.59 Å². The van der Waals surface area contributed by atoms with E-state index >= 15 is 0 Å². The van der Waals surface area contributed by atoms with Crippen LogP contribution in [0.1, 0.15) is 0 Å². The maximum atomic E-state index is 4.52. The molecule has 38 valence electrons. The zero-order valence-electron chi connectivity index (χ0n) is 4.41. The van der Waals surface area contributed by atoms with E-state index in [4.69, 9.17) is 0 Å². The summed E-state index contributed by atoms with van der Waals surface area (Å²) in [5.41, 5.74) is 2.62. The van der Waals surface area contributed by atoms with Crippen molar-refractivity contribution in [1.29, 1.82) is 0 Å². The second-order valence-electron chi connectivity index (χ2n) is 1.31. The van der Waals surface area contributed by atoms with Gasteiger partial charge in [-0.05, 0) is 5.59 Å². The maximum absolute atomic E-state index is 4.52. The van der Waals surface area contributed by atoms with Gasteiger partial charge in [-0.15, -0.1) is 0 Å². The highest BCUT2D eigenvalue weighted by Crippen LogP contribution is 1.29. The normalized spacial score (nSPS) is 10.0. The molecule has 0 aliphatic heterocycles. The van der Waals surface area contributed by atoms with Crippen molar-refractivity contribution in [3.63, 3.8) is 0 Å². The van der Waals surface area contributed by atoms with Gasteiger partial charge in [-0.25, -0.2) is 5.01 Å². The molecule has 0 radical (unpaired) electrons. The molecule has 0 atom stereocenters. The molecule has 0 unspecified atom stereocenters. The minimum absolute atomic E-state index is 1.07. The Morgan fingerprint density at radius 2 is 2.00 bits per heavy atom. The topological polar surface area (TPSA) is 25.7 Å². The van der Waals surface area contributed by atoms with E-state index in [9.17, 15) is 0 Å². The van der Waals surface area contributed by atoms with E-state index in [1.54, 1.807) is 7.11 Å². The molecule has 3 heteroatoms. The minimum atomic E-state index is 1.07. The summed E-state index contributed by atoms with van der Waals surface area (Å²) in [7, 11) is 5.46. The Labute approximate surface area is 37.8 Å². The molecule has 6 heavy (non-hydrogen) atoms. The quantitative estimate of drug-likeness (QED) is 0.392. The summed E-state index contributed by atoms with van der Waals surface area (Å²) in [6, 6.07) is 0. The molecule has 0 aromatic rings. The lowest BCUT2D eigenvalue weighted by Gasteiger charge is -2.02. The third-order valence-electron chi connectivity index (χ3n) is 0.306. The van der Waals surface area contributed by atoms with Gasteiger partial charge >= 0.3 is 0 Å². The predicted octanol–water partition coefficient (Wildman–Crippen LogP) is -1.80. The Morgan fingerprint density at radius 1 is 1.50 bits per heavy atom. The van der Waals surface area contributed by atoms with Crippen LogP contribution < -0.4 is 10.6 Å². The van der Waals surface area contributed by atoms with Gasteiger partial charge in [0.05, 0.1) is 21.2 Å². The predicted molar refractivity (Wildman–Crippen MR) is 23.0 cm³/mol. The summed E-state index contributed by atoms with van der Waals surface area (Å²) in [4.78, 5) is 4.52. The Morgan fingerprint density at radius 3 is 2.00 bits per heavy atom. The highest BCUT2D eigenvalue weighted by Gasteiger charge is 1.80. The fourth-order valence-corrected chi connectivity index (χ4v) is 0.204. The summed E-state index contributed by atoms with van der Waals surface area (Å²) in [6.07, 6.45) is 0. The first kappa shape index (κ1) is 5.88. The van der Waals surface area contributed by atoms with Gasteiger partial charge in [-0.2, -0.15) is 0 Å². The Kier molecular flexibility index (Phi) is 3.02. The SMILES string of the molecule is CON[NH+](C)C. The van der Waals surface area contributed by atoms with Gasteiger partial charge in [0.25, 0.3) is 0 Å². The summed E-state index contributed by atoms with van der Waals surface area (Å²) in [5.74, 6) is 0. The van der Waals surface area contributed by atoms with Crippen LogP contribution in [0.5, 0.6) is 0 Å². The molecule has 0 spiro atoms. The van der Waals surface area contributed by atoms with Crippen LogP contribution in [0.25, 0.3) is 0 Å². The highest BCUT2D eigenvalue weighted by atomic mass is 16.7. The maximum Gasteiger partial charge on any atom is 0.0858 e. The molecule has 0 fully saturated rings. The molecule has 0 bridgehead atoms. The lowest BCUT2D eigenvalue weighted by Crippen LogP contribution is -3.12. The van der Waals surface area contributed by atoms with E-state index in [2.05, 4.69) is 10.4 Å². The Balaban J connectivity index is 2.63. The number of quaternary nitrogens is 1. The van der Waals surface area contributed by atoms with Crippen LogP contribution in [-0.2, 0) is 4.84 Å². The molecule has 0 rings (SSSR count). The average molecular weight is 91.1 g/mol. The first-order chi connectivity index (χ1) is 2.77. The molecule has 0 aliphatic rings. The van der Waals surface area contributed by atoms with E-state index < -0.39 is 0 Å². The molecule has 0 heterocycles. The van der Waals surface area contributed by atoms with Crippen LogP contribution in [0.4, 0.5) is 0 Å². The average Bonchev–Trinajstić information content (AvgIpc) is 1.35. The summed E-state index contributed by atoms with van der Waals surface area (Å²) in [6.45, 7) is 0. The van der Waals surface area contributed by atoms with E-state index in [1.807, 2.05) is 14.1 Å². The Bertz CT molecular complexity index is 30.0. The van der Waals surface area contributed by atoms with Crippen molar-refractivity contribution in [3.8, 4) is 0 Å². The number of nitrogens with one attached hydrogen (secondary N) is 2. The van der Waals surface area contributed by atoms with Crippen molar-refractivity contribution >= 4 is 0 Å². The van der Waals surface area contributed by atoms with Crippen LogP contribution in [0.15, 0.2) is 0 Å². The molecule has 3 nitrogen and oxygen atoms in total. The lowest BCUT2D eigenvalue weighted by atomic mass is 11.2. The van der Waals surface area contributed by atoms with Gasteiger partial charge < -0.3 is 0 Å². The third kappa shape index (κ3) is 3.88. The van der Waals surface area contributed by atoms with E-state index in [0.29, 0.717) is 0 Å². The first-order valence-electron chi connectivity index (χ1n) is 1.86. The van der Waals surface area contributed by atoms with Crippen molar-refractivity contribution in [2.24, 2.45) is 0 Å². The fourth-order valence-electron chi connectivity index (χ4n) is 0.204. The van der Waals surface area contributed by atoms with Crippen molar-refractivity contribution in [2.75, 3.05) is 21.2 Å². The van der Waals surface area contributed by atoms with Crippen LogP contribution in [0.2, 0.25) is 0 Å². The third-order valence-corrected chi connectivity index (χ3v) is 0.306. The zero-order chi connectivity index (χ0) is 4.99. The molecule has 0 aromatic heterocycles. The number of hydrogen-bond donors (Lipinski definition) is 2. The second-order valence-corrected chi connectivity index (χ2v) is 1.31. The van der Waals surface area contributed by atoms with E-state index in [-0.39, 0.29) is 0 Å². The van der Waals surface area contributed by atoms with Gasteiger partial charge in [-0.1, -0.05) is 0 Å². The Hall–Kier alpha value is -0.120. The van der Waals surface area contributed by atoms with E-state index in [1.165, 1.54) is 0 Å². The fraction of sp³-hybridized carbons (Fsp3) is 1.00. The largest absolute Gasteiger partial charge is 0.260 e. The summed E-state index contributed by atoms with van der Waals surface area (Å²) in [5, 5.41) is 1.07. The molecule has 0 aromatic carbocycles. The minimum Gasteiger partial charge on any atom is -0.260 e. The van der Waals surface area contributed by atoms with Crippen LogP contribution in [-0.4, -0.2) is 21.2 Å². The highest BCUT2D eigenvalue weighted by molar-refractivity contribution is 3.63. The smallest absolute Gasteiger partial charge is 0.0858 e. The molecule has 0 aliphatic carbocycles. The van der Waals surface area contributed by atoms with Crippen molar-refractivity contribution in [3.05, 3.63) is 0 Å². The van der Waals surface area contributed by atoms with Crippen LogP contribution >= 0.6 is 0 Å². The van der Waals surface area contributed by atoms with Gasteiger partial charge in [0, 0.05) is 0 Å². The van der Waals surface area contributed by atoms with Gasteiger partial charge in [0.1, 0.15) is 0 Å². The second kappa shape index (κ2) is 3.08. The standard InChI is InChI=1S/C3H10N2O/c1-5(2)4-6-3/h4H,1-3H3/p+1. The summed E-state index contributed by atoms with van der Waals surface area (Å²) < 4.78 is 0. The number of hydrogen-bond acceptors (Lipinski definition) is 2. The molecule has 0 saturated carbocycles. The van der Waals surface area contributed by atoms with Gasteiger partial charge in [-0.3, -0.25) is 4.84 Å². The van der Waals surface area contributed by atoms with Crippen LogP contribution in [0, 0.1) is 0 Å². The van der Waals surface area contributed by atoms with Crippen LogP contribution in [0.3, 0.4) is 0 Å². The molecule has 2 N–H and O–H groups in total. The molecular formula is C3H11N2O+. The molecule has 0 amide bonds. The van der Waals surface area contributed by atoms with Crippen molar-refractivity contribution in [2.45, 2.75) is 0 Å². The van der Waals surface area contributed by atoms with Gasteiger partial charge in [0.15, 0.2) is 0 Å². The zero-order valence-corrected chi connectivity index (χ0v) is 4.41. The van der Waals surface area contributed by atoms with Crippen molar-refractivity contribution < 1.29 is 9.85 Å². The van der Waals surface area contributed by atoms with Gasteiger partial charge in [0.2, 0.25) is 0 Å². The number of rotatable bonds is 2. The molecule has 0 saturated heterocycles. The molecular weight excluding hydrogens is 80.0 g/mol.